The second-order valence-corrected chi connectivity index (χ2v) is 10.4. The fraction of sp³-hybridized carbons (Fsp3) is 0.364. The van der Waals surface area contributed by atoms with Gasteiger partial charge in [0, 0.05) is 19.6 Å². The predicted octanol–water partition coefficient (Wildman–Crippen LogP) is 3.76. The van der Waals surface area contributed by atoms with Crippen LogP contribution in [0.1, 0.15) is 19.8 Å². The molecule has 4 rings (SSSR count). The third-order valence-electron chi connectivity index (χ3n) is 5.53. The van der Waals surface area contributed by atoms with E-state index in [1.54, 1.807) is 29.2 Å². The fourth-order valence-corrected chi connectivity index (χ4v) is 6.40. The van der Waals surface area contributed by atoms with Crippen LogP contribution in [0.25, 0.3) is 10.2 Å². The Bertz CT molecular complexity index is 1140. The van der Waals surface area contributed by atoms with Crippen LogP contribution in [0.5, 0.6) is 5.75 Å². The summed E-state index contributed by atoms with van der Waals surface area (Å²) in [6.45, 7) is 2.99. The van der Waals surface area contributed by atoms with Crippen molar-refractivity contribution < 1.29 is 17.9 Å². The first-order valence-electron chi connectivity index (χ1n) is 10.2. The number of ether oxygens (including phenoxy) is 1. The molecule has 164 valence electrons. The van der Waals surface area contributed by atoms with E-state index in [1.807, 2.05) is 31.2 Å². The lowest BCUT2D eigenvalue weighted by molar-refractivity contribution is -0.123. The van der Waals surface area contributed by atoms with Gasteiger partial charge in [0.1, 0.15) is 5.75 Å². The van der Waals surface area contributed by atoms with Gasteiger partial charge in [0.2, 0.25) is 15.9 Å². The smallest absolute Gasteiger partial charge is 0.243 e. The number of aromatic nitrogens is 1. The van der Waals surface area contributed by atoms with Gasteiger partial charge in [-0.05, 0) is 56.2 Å². The van der Waals surface area contributed by atoms with Crippen LogP contribution in [0.3, 0.4) is 0 Å². The van der Waals surface area contributed by atoms with Gasteiger partial charge < -0.3 is 4.74 Å². The highest BCUT2D eigenvalue weighted by molar-refractivity contribution is 7.89. The minimum Gasteiger partial charge on any atom is -0.497 e. The Labute approximate surface area is 186 Å². The van der Waals surface area contributed by atoms with Gasteiger partial charge in [-0.2, -0.15) is 4.31 Å². The number of fused-ring (bicyclic) bond motifs is 1. The summed E-state index contributed by atoms with van der Waals surface area (Å²) in [5, 5.41) is 0.656. The van der Waals surface area contributed by atoms with Crippen molar-refractivity contribution in [2.75, 3.05) is 31.6 Å². The normalized spacial score (nSPS) is 17.5. The van der Waals surface area contributed by atoms with Crippen molar-refractivity contribution in [2.45, 2.75) is 24.7 Å². The Morgan fingerprint density at radius 1 is 1.23 bits per heavy atom. The number of hydrogen-bond acceptors (Lipinski definition) is 6. The van der Waals surface area contributed by atoms with Gasteiger partial charge >= 0.3 is 0 Å². The second kappa shape index (κ2) is 8.94. The zero-order chi connectivity index (χ0) is 22.0. The zero-order valence-electron chi connectivity index (χ0n) is 17.5. The fourth-order valence-electron chi connectivity index (χ4n) is 3.84. The number of carbonyl (C=O) groups excluding carboxylic acids is 1. The highest BCUT2D eigenvalue weighted by Gasteiger charge is 2.35. The van der Waals surface area contributed by atoms with E-state index < -0.39 is 15.9 Å². The number of benzene rings is 2. The number of sulfonamides is 1. The molecule has 9 heteroatoms. The lowest BCUT2D eigenvalue weighted by Gasteiger charge is -2.33. The number of anilines is 1. The van der Waals surface area contributed by atoms with Crippen molar-refractivity contribution in [3.05, 3.63) is 48.5 Å². The number of rotatable bonds is 6. The quantitative estimate of drug-likeness (QED) is 0.561. The highest BCUT2D eigenvalue weighted by Crippen LogP contribution is 2.31. The van der Waals surface area contributed by atoms with E-state index in [2.05, 4.69) is 4.98 Å². The van der Waals surface area contributed by atoms with E-state index in [4.69, 9.17) is 4.74 Å². The summed E-state index contributed by atoms with van der Waals surface area (Å²) in [6.07, 6.45) is 1.30. The third kappa shape index (κ3) is 4.30. The molecule has 0 saturated carbocycles. The number of hydrogen-bond donors (Lipinski definition) is 0. The van der Waals surface area contributed by atoms with E-state index in [1.165, 1.54) is 22.8 Å². The van der Waals surface area contributed by atoms with Crippen molar-refractivity contribution in [3.8, 4) is 5.75 Å². The van der Waals surface area contributed by atoms with E-state index in [-0.39, 0.29) is 17.3 Å². The first-order chi connectivity index (χ1) is 14.9. The van der Waals surface area contributed by atoms with E-state index in [0.717, 1.165) is 10.2 Å². The molecule has 1 aliphatic rings. The van der Waals surface area contributed by atoms with Crippen LogP contribution in [0, 0.1) is 5.92 Å². The number of carbonyl (C=O) groups is 1. The number of amides is 1. The monoisotopic (exact) mass is 459 g/mol. The molecule has 1 amide bonds. The maximum Gasteiger partial charge on any atom is 0.243 e. The summed E-state index contributed by atoms with van der Waals surface area (Å²) in [5.74, 6) is 0.130. The van der Waals surface area contributed by atoms with E-state index in [9.17, 15) is 13.2 Å². The molecule has 1 fully saturated rings. The molecule has 7 nitrogen and oxygen atoms in total. The van der Waals surface area contributed by atoms with Crippen molar-refractivity contribution in [2.24, 2.45) is 5.92 Å². The van der Waals surface area contributed by atoms with Crippen molar-refractivity contribution >= 4 is 42.6 Å². The van der Waals surface area contributed by atoms with Gasteiger partial charge in [-0.15, -0.1) is 0 Å². The predicted molar refractivity (Wildman–Crippen MR) is 122 cm³/mol. The topological polar surface area (TPSA) is 79.8 Å². The highest BCUT2D eigenvalue weighted by atomic mass is 32.2. The number of nitrogens with zero attached hydrogens (tertiary/aromatic N) is 3. The molecule has 1 aromatic heterocycles. The van der Waals surface area contributed by atoms with Gasteiger partial charge in [0.15, 0.2) is 5.13 Å². The van der Waals surface area contributed by atoms with Crippen LogP contribution in [0.15, 0.2) is 53.4 Å². The van der Waals surface area contributed by atoms with Crippen molar-refractivity contribution in [1.29, 1.82) is 0 Å². The molecule has 0 aliphatic carbocycles. The molecule has 31 heavy (non-hydrogen) atoms. The first kappa shape index (κ1) is 21.7. The Morgan fingerprint density at radius 3 is 2.65 bits per heavy atom. The lowest BCUT2D eigenvalue weighted by Crippen LogP contribution is -2.46. The maximum atomic E-state index is 13.4. The van der Waals surface area contributed by atoms with Crippen molar-refractivity contribution in [3.63, 3.8) is 0 Å². The van der Waals surface area contributed by atoms with Gasteiger partial charge in [0.05, 0.1) is 28.1 Å². The van der Waals surface area contributed by atoms with Crippen LogP contribution in [-0.4, -0.2) is 50.4 Å². The molecule has 0 spiro atoms. The van der Waals surface area contributed by atoms with Gasteiger partial charge in [-0.3, -0.25) is 9.69 Å². The van der Waals surface area contributed by atoms with Crippen LogP contribution < -0.4 is 9.64 Å². The molecule has 0 bridgehead atoms. The van der Waals surface area contributed by atoms with E-state index >= 15 is 0 Å². The number of methoxy groups -OCH3 is 1. The molecule has 2 aromatic carbocycles. The van der Waals surface area contributed by atoms with Crippen molar-refractivity contribution in [1.82, 2.24) is 9.29 Å². The lowest BCUT2D eigenvalue weighted by atomic mass is 9.98. The minimum absolute atomic E-state index is 0.0730. The summed E-state index contributed by atoms with van der Waals surface area (Å²) in [6, 6.07) is 14.1. The summed E-state index contributed by atoms with van der Waals surface area (Å²) >= 11 is 1.48. The Kier molecular flexibility index (Phi) is 6.27. The Balaban J connectivity index is 1.54. The average Bonchev–Trinajstić information content (AvgIpc) is 3.23. The number of para-hydroxylation sites is 1. The van der Waals surface area contributed by atoms with Crippen LogP contribution in [-0.2, 0) is 14.8 Å². The van der Waals surface area contributed by atoms with E-state index in [0.29, 0.717) is 36.8 Å². The second-order valence-electron chi connectivity index (χ2n) is 7.42. The molecule has 2 heterocycles. The number of piperidine rings is 1. The summed E-state index contributed by atoms with van der Waals surface area (Å²) in [4.78, 5) is 19.9. The molecular formula is C22H25N3O4S2. The van der Waals surface area contributed by atoms with Crippen LogP contribution in [0.2, 0.25) is 0 Å². The Hall–Kier alpha value is -2.49. The van der Waals surface area contributed by atoms with Gasteiger partial charge in [-0.25, -0.2) is 13.4 Å². The molecular weight excluding hydrogens is 434 g/mol. The number of thiazole rings is 1. The van der Waals surface area contributed by atoms with Crippen LogP contribution in [0.4, 0.5) is 5.13 Å². The third-order valence-corrected chi connectivity index (χ3v) is 8.47. The zero-order valence-corrected chi connectivity index (χ0v) is 19.2. The molecule has 0 radical (unpaired) electrons. The maximum absolute atomic E-state index is 13.4. The summed E-state index contributed by atoms with van der Waals surface area (Å²) in [7, 11) is -2.14. The largest absolute Gasteiger partial charge is 0.497 e. The molecule has 1 atom stereocenters. The molecule has 1 aliphatic heterocycles. The van der Waals surface area contributed by atoms with Crippen LogP contribution >= 0.6 is 11.3 Å². The molecule has 1 saturated heterocycles. The average molecular weight is 460 g/mol. The molecule has 3 aromatic rings. The standard InChI is InChI=1S/C22H25N3O4S2/c1-3-25(22-23-19-8-4-5-9-20(19)30-22)21(26)16-7-6-14-24(15-16)31(27,28)18-12-10-17(29-2)11-13-18/h4-5,8-13,16H,3,6-7,14-15H2,1-2H3. The van der Waals surface area contributed by atoms with Gasteiger partial charge in [0.25, 0.3) is 0 Å². The minimum atomic E-state index is -3.68. The molecule has 0 N–H and O–H groups in total. The Morgan fingerprint density at radius 2 is 1.97 bits per heavy atom. The summed E-state index contributed by atoms with van der Waals surface area (Å²) in [5.41, 5.74) is 0.862. The van der Waals surface area contributed by atoms with Gasteiger partial charge in [-0.1, -0.05) is 23.5 Å². The molecule has 1 unspecified atom stereocenters. The first-order valence-corrected chi connectivity index (χ1v) is 12.5. The summed E-state index contributed by atoms with van der Waals surface area (Å²) < 4.78 is 33.8. The SMILES string of the molecule is CCN(C(=O)C1CCCN(S(=O)(=O)c2ccc(OC)cc2)C1)c1nc2ccccc2s1.